The Balaban J connectivity index is 2.78. The highest BCUT2D eigenvalue weighted by Gasteiger charge is 2.37. The molecule has 1 rings (SSSR count). The van der Waals surface area contributed by atoms with Gasteiger partial charge >= 0.3 is 11.4 Å². The average molecular weight is 174 g/mol. The first-order chi connectivity index (χ1) is 5.08. The molecule has 0 saturated carbocycles. The minimum atomic E-state index is -1.67. The standard InChI is InChI=1S/C7H10O3S/c1-4-7(3)6(2)5-9-11(8)10-7/h1,6H,5H2,2-3H3. The highest BCUT2D eigenvalue weighted by atomic mass is 32.2. The van der Waals surface area contributed by atoms with Crippen molar-refractivity contribution in [2.45, 2.75) is 19.4 Å². The third kappa shape index (κ3) is 1.62. The van der Waals surface area contributed by atoms with E-state index in [4.69, 9.17) is 14.8 Å². The minimum Gasteiger partial charge on any atom is -0.268 e. The molecule has 62 valence electrons. The fraction of sp³-hybridized carbons (Fsp3) is 0.714. The van der Waals surface area contributed by atoms with Crippen LogP contribution in [-0.4, -0.2) is 16.4 Å². The van der Waals surface area contributed by atoms with Gasteiger partial charge in [-0.15, -0.1) is 6.42 Å². The van der Waals surface area contributed by atoms with Crippen LogP contribution >= 0.6 is 0 Å². The Hall–Kier alpha value is -0.370. The van der Waals surface area contributed by atoms with Crippen molar-refractivity contribution in [1.29, 1.82) is 0 Å². The Morgan fingerprint density at radius 2 is 2.45 bits per heavy atom. The second-order valence-corrected chi connectivity index (χ2v) is 3.54. The summed E-state index contributed by atoms with van der Waals surface area (Å²) in [5.41, 5.74) is -0.747. The van der Waals surface area contributed by atoms with Crippen LogP contribution in [0.5, 0.6) is 0 Å². The normalized spacial score (nSPS) is 44.8. The van der Waals surface area contributed by atoms with E-state index in [0.717, 1.165) is 0 Å². The van der Waals surface area contributed by atoms with E-state index in [9.17, 15) is 4.21 Å². The molecular weight excluding hydrogens is 164 g/mol. The zero-order valence-electron chi connectivity index (χ0n) is 6.49. The summed E-state index contributed by atoms with van der Waals surface area (Å²) in [6.07, 6.45) is 5.23. The van der Waals surface area contributed by atoms with E-state index >= 15 is 0 Å². The molecule has 0 aromatic carbocycles. The monoisotopic (exact) mass is 174 g/mol. The largest absolute Gasteiger partial charge is 0.306 e. The summed E-state index contributed by atoms with van der Waals surface area (Å²) in [5.74, 6) is 2.54. The lowest BCUT2D eigenvalue weighted by Gasteiger charge is -2.32. The molecule has 0 spiro atoms. The molecule has 1 aliphatic rings. The number of hydrogen-bond donors (Lipinski definition) is 0. The van der Waals surface area contributed by atoms with E-state index in [1.165, 1.54) is 0 Å². The predicted molar refractivity (Wildman–Crippen MR) is 41.6 cm³/mol. The Morgan fingerprint density at radius 3 is 2.91 bits per heavy atom. The molecule has 1 saturated heterocycles. The molecule has 1 fully saturated rings. The quantitative estimate of drug-likeness (QED) is 0.505. The molecule has 0 radical (unpaired) electrons. The Bertz CT molecular complexity index is 220. The van der Waals surface area contributed by atoms with E-state index in [-0.39, 0.29) is 5.92 Å². The van der Waals surface area contributed by atoms with Crippen molar-refractivity contribution in [3.05, 3.63) is 0 Å². The first-order valence-electron chi connectivity index (χ1n) is 3.31. The number of rotatable bonds is 0. The molecule has 0 N–H and O–H groups in total. The van der Waals surface area contributed by atoms with Crippen LogP contribution in [-0.2, 0) is 19.7 Å². The Morgan fingerprint density at radius 1 is 1.82 bits per heavy atom. The molecule has 4 heteroatoms. The fourth-order valence-electron chi connectivity index (χ4n) is 0.730. The molecule has 3 nitrogen and oxygen atoms in total. The van der Waals surface area contributed by atoms with Gasteiger partial charge in [0.05, 0.1) is 6.61 Å². The lowest BCUT2D eigenvalue weighted by Crippen LogP contribution is -2.42. The van der Waals surface area contributed by atoms with Crippen molar-refractivity contribution < 1.29 is 12.6 Å². The van der Waals surface area contributed by atoms with Crippen molar-refractivity contribution in [2.75, 3.05) is 6.61 Å². The zero-order valence-corrected chi connectivity index (χ0v) is 7.31. The summed E-state index contributed by atoms with van der Waals surface area (Å²) >= 11 is -1.67. The third-order valence-electron chi connectivity index (χ3n) is 1.88. The van der Waals surface area contributed by atoms with Crippen molar-refractivity contribution in [3.8, 4) is 12.3 Å². The first kappa shape index (κ1) is 8.72. The van der Waals surface area contributed by atoms with E-state index in [0.29, 0.717) is 6.61 Å². The third-order valence-corrected chi connectivity index (χ3v) is 2.69. The molecule has 0 aromatic heterocycles. The average Bonchev–Trinajstić information content (AvgIpc) is 1.98. The van der Waals surface area contributed by atoms with Gasteiger partial charge in [-0.2, -0.15) is 4.21 Å². The highest BCUT2D eigenvalue weighted by molar-refractivity contribution is 7.75. The first-order valence-corrected chi connectivity index (χ1v) is 4.31. The fourth-order valence-corrected chi connectivity index (χ4v) is 1.59. The molecule has 0 aromatic rings. The van der Waals surface area contributed by atoms with Crippen LogP contribution < -0.4 is 0 Å². The SMILES string of the molecule is C#CC1(C)OS(=O)OCC1C. The second kappa shape index (κ2) is 2.94. The van der Waals surface area contributed by atoms with Gasteiger partial charge in [-0.3, -0.25) is 4.18 Å². The summed E-state index contributed by atoms with van der Waals surface area (Å²) in [4.78, 5) is 0. The minimum absolute atomic E-state index is 0.0743. The smallest absolute Gasteiger partial charge is 0.268 e. The van der Waals surface area contributed by atoms with E-state index < -0.39 is 17.0 Å². The van der Waals surface area contributed by atoms with Gasteiger partial charge in [0.15, 0.2) is 0 Å². The second-order valence-electron chi connectivity index (χ2n) is 2.72. The van der Waals surface area contributed by atoms with Crippen LogP contribution in [0.1, 0.15) is 13.8 Å². The van der Waals surface area contributed by atoms with Gasteiger partial charge in [0.2, 0.25) is 0 Å². The Labute approximate surface area is 68.9 Å². The lowest BCUT2D eigenvalue weighted by molar-refractivity contribution is 0.0231. The van der Waals surface area contributed by atoms with Crippen LogP contribution in [0.3, 0.4) is 0 Å². The molecular formula is C7H10O3S. The van der Waals surface area contributed by atoms with Crippen molar-refractivity contribution in [3.63, 3.8) is 0 Å². The van der Waals surface area contributed by atoms with Crippen molar-refractivity contribution >= 4 is 11.4 Å². The van der Waals surface area contributed by atoms with Gasteiger partial charge in [-0.1, -0.05) is 12.8 Å². The van der Waals surface area contributed by atoms with Crippen LogP contribution in [0, 0.1) is 18.3 Å². The summed E-state index contributed by atoms with van der Waals surface area (Å²) in [6.45, 7) is 4.02. The molecule has 0 aliphatic carbocycles. The zero-order chi connectivity index (χ0) is 8.48. The molecule has 3 atom stereocenters. The van der Waals surface area contributed by atoms with Gasteiger partial charge in [0.1, 0.15) is 5.60 Å². The van der Waals surface area contributed by atoms with Gasteiger partial charge in [-0.05, 0) is 6.92 Å². The molecule has 1 aliphatic heterocycles. The van der Waals surface area contributed by atoms with Gasteiger partial charge < -0.3 is 0 Å². The van der Waals surface area contributed by atoms with Gasteiger partial charge in [0.25, 0.3) is 0 Å². The van der Waals surface area contributed by atoms with Crippen LogP contribution in [0.2, 0.25) is 0 Å². The van der Waals surface area contributed by atoms with E-state index in [1.54, 1.807) is 6.92 Å². The molecule has 0 bridgehead atoms. The van der Waals surface area contributed by atoms with Crippen LogP contribution in [0.15, 0.2) is 0 Å². The topological polar surface area (TPSA) is 35.5 Å². The molecule has 3 unspecified atom stereocenters. The van der Waals surface area contributed by atoms with Gasteiger partial charge in [-0.25, -0.2) is 4.18 Å². The maximum absolute atomic E-state index is 10.8. The highest BCUT2D eigenvalue weighted by Crippen LogP contribution is 2.27. The lowest BCUT2D eigenvalue weighted by atomic mass is 9.93. The molecule has 1 heterocycles. The maximum Gasteiger partial charge on any atom is 0.306 e. The predicted octanol–water partition coefficient (Wildman–Crippen LogP) is 0.640. The summed E-state index contributed by atoms with van der Waals surface area (Å²) in [6, 6.07) is 0. The summed E-state index contributed by atoms with van der Waals surface area (Å²) < 4.78 is 20.4. The van der Waals surface area contributed by atoms with Gasteiger partial charge in [0, 0.05) is 5.92 Å². The summed E-state index contributed by atoms with van der Waals surface area (Å²) in [5, 5.41) is 0. The number of hydrogen-bond acceptors (Lipinski definition) is 3. The van der Waals surface area contributed by atoms with Crippen LogP contribution in [0.25, 0.3) is 0 Å². The maximum atomic E-state index is 10.8. The van der Waals surface area contributed by atoms with Crippen LogP contribution in [0.4, 0.5) is 0 Å². The number of terminal acetylenes is 1. The van der Waals surface area contributed by atoms with E-state index in [1.807, 2.05) is 6.92 Å². The van der Waals surface area contributed by atoms with Crippen molar-refractivity contribution in [1.82, 2.24) is 0 Å². The van der Waals surface area contributed by atoms with Crippen molar-refractivity contribution in [2.24, 2.45) is 5.92 Å². The van der Waals surface area contributed by atoms with E-state index in [2.05, 4.69) is 5.92 Å². The summed E-state index contributed by atoms with van der Waals surface area (Å²) in [7, 11) is 0. The molecule has 11 heavy (non-hydrogen) atoms. The Kier molecular flexibility index (Phi) is 2.33. The molecule has 0 amide bonds.